The summed E-state index contributed by atoms with van der Waals surface area (Å²) in [5.41, 5.74) is 5.57. The summed E-state index contributed by atoms with van der Waals surface area (Å²) in [4.78, 5) is 23.2. The lowest BCUT2D eigenvalue weighted by Gasteiger charge is -2.19. The molecule has 0 saturated carbocycles. The molecule has 0 saturated heterocycles. The third-order valence-corrected chi connectivity index (χ3v) is 2.57. The van der Waals surface area contributed by atoms with Crippen LogP contribution >= 0.6 is 0 Å². The molecule has 0 aliphatic rings. The normalized spacial score (nSPS) is 10.1. The Labute approximate surface area is 105 Å². The lowest BCUT2D eigenvalue weighted by Crippen LogP contribution is -2.27. The van der Waals surface area contributed by atoms with Gasteiger partial charge in [-0.15, -0.1) is 0 Å². The molecule has 98 valence electrons. The zero-order valence-corrected chi connectivity index (χ0v) is 10.3. The quantitative estimate of drug-likeness (QED) is 0.562. The first-order valence-electron chi connectivity index (χ1n) is 5.41. The number of rotatable bonds is 6. The Hall–Kier alpha value is -2.15. The molecule has 1 aromatic rings. The van der Waals surface area contributed by atoms with Crippen molar-refractivity contribution in [2.45, 2.75) is 0 Å². The van der Waals surface area contributed by atoms with Crippen molar-refractivity contribution in [2.75, 3.05) is 32.1 Å². The maximum atomic E-state index is 11.0. The van der Waals surface area contributed by atoms with Gasteiger partial charge in [0.1, 0.15) is 5.69 Å². The van der Waals surface area contributed by atoms with Crippen LogP contribution in [0.25, 0.3) is 0 Å². The Bertz CT molecular complexity index is 462. The number of hydrogen-bond acceptors (Lipinski definition) is 5. The van der Waals surface area contributed by atoms with Gasteiger partial charge < -0.3 is 16.0 Å². The van der Waals surface area contributed by atoms with E-state index in [0.29, 0.717) is 18.8 Å². The summed E-state index contributed by atoms with van der Waals surface area (Å²) in [6.07, 6.45) is 0. The van der Waals surface area contributed by atoms with Gasteiger partial charge in [0.05, 0.1) is 4.92 Å². The molecule has 18 heavy (non-hydrogen) atoms. The second kappa shape index (κ2) is 5.97. The number of nitrogens with zero attached hydrogens (tertiary/aromatic N) is 2. The summed E-state index contributed by atoms with van der Waals surface area (Å²) < 4.78 is 0. The van der Waals surface area contributed by atoms with E-state index in [1.54, 1.807) is 19.0 Å². The first-order valence-corrected chi connectivity index (χ1v) is 5.41. The van der Waals surface area contributed by atoms with Crippen LogP contribution in [0.4, 0.5) is 11.4 Å². The van der Waals surface area contributed by atoms with Crippen LogP contribution < -0.4 is 16.0 Å². The maximum absolute atomic E-state index is 11.0. The van der Waals surface area contributed by atoms with E-state index in [0.717, 1.165) is 0 Å². The van der Waals surface area contributed by atoms with E-state index in [2.05, 4.69) is 5.32 Å². The highest BCUT2D eigenvalue weighted by Gasteiger charge is 2.18. The topological polar surface area (TPSA) is 102 Å². The number of nitro groups is 1. The molecule has 0 bridgehead atoms. The summed E-state index contributed by atoms with van der Waals surface area (Å²) in [7, 11) is 3.56. The van der Waals surface area contributed by atoms with E-state index >= 15 is 0 Å². The fourth-order valence-corrected chi connectivity index (χ4v) is 1.55. The van der Waals surface area contributed by atoms with Crippen molar-refractivity contribution >= 4 is 17.3 Å². The van der Waals surface area contributed by atoms with Crippen molar-refractivity contribution in [3.8, 4) is 0 Å². The molecule has 7 heteroatoms. The fraction of sp³-hybridized carbons (Fsp3) is 0.364. The van der Waals surface area contributed by atoms with Crippen LogP contribution in [0.1, 0.15) is 10.4 Å². The number of carbonyl (C=O) groups is 1. The Balaban J connectivity index is 3.11. The van der Waals surface area contributed by atoms with Crippen molar-refractivity contribution in [3.05, 3.63) is 33.9 Å². The number of primary amides is 1. The molecule has 3 N–H and O–H groups in total. The van der Waals surface area contributed by atoms with Crippen molar-refractivity contribution in [1.82, 2.24) is 5.32 Å². The molecule has 0 aliphatic heterocycles. The first kappa shape index (κ1) is 13.9. The van der Waals surface area contributed by atoms with Gasteiger partial charge in [0.25, 0.3) is 5.69 Å². The van der Waals surface area contributed by atoms with E-state index < -0.39 is 10.8 Å². The van der Waals surface area contributed by atoms with Gasteiger partial charge >= 0.3 is 0 Å². The van der Waals surface area contributed by atoms with Crippen LogP contribution in [0.15, 0.2) is 18.2 Å². The monoisotopic (exact) mass is 252 g/mol. The van der Waals surface area contributed by atoms with Gasteiger partial charge in [-0.2, -0.15) is 0 Å². The second-order valence-electron chi connectivity index (χ2n) is 3.85. The molecule has 0 fully saturated rings. The minimum absolute atomic E-state index is 0.120. The summed E-state index contributed by atoms with van der Waals surface area (Å²) in [5.74, 6) is -0.678. The minimum atomic E-state index is -0.678. The van der Waals surface area contributed by atoms with Gasteiger partial charge in [-0.1, -0.05) is 0 Å². The molecule has 1 amide bonds. The maximum Gasteiger partial charge on any atom is 0.293 e. The molecule has 0 aliphatic carbocycles. The third-order valence-electron chi connectivity index (χ3n) is 2.57. The summed E-state index contributed by atoms with van der Waals surface area (Å²) >= 11 is 0. The highest BCUT2D eigenvalue weighted by molar-refractivity contribution is 5.94. The predicted octanol–water partition coefficient (Wildman–Crippen LogP) is 0.349. The van der Waals surface area contributed by atoms with E-state index in [1.165, 1.54) is 18.2 Å². The molecule has 1 aromatic carbocycles. The van der Waals surface area contributed by atoms with E-state index in [4.69, 9.17) is 5.73 Å². The van der Waals surface area contributed by atoms with Crippen molar-refractivity contribution < 1.29 is 9.72 Å². The molecule has 0 atom stereocenters. The predicted molar refractivity (Wildman–Crippen MR) is 68.8 cm³/mol. The molecular weight excluding hydrogens is 236 g/mol. The Kier molecular flexibility index (Phi) is 4.61. The Morgan fingerprint density at radius 2 is 2.22 bits per heavy atom. The van der Waals surface area contributed by atoms with E-state index in [-0.39, 0.29) is 11.3 Å². The molecule has 0 radical (unpaired) electrons. The molecule has 0 spiro atoms. The Morgan fingerprint density at radius 1 is 1.56 bits per heavy atom. The Morgan fingerprint density at radius 3 is 2.72 bits per heavy atom. The van der Waals surface area contributed by atoms with Crippen LogP contribution in [-0.2, 0) is 0 Å². The standard InChI is InChI=1S/C11H16N4O3/c1-13-5-6-14(2)9-4-3-8(11(12)16)7-10(9)15(17)18/h3-4,7,13H,5-6H2,1-2H3,(H2,12,16). The first-order chi connectivity index (χ1) is 8.47. The van der Waals surface area contributed by atoms with Gasteiger partial charge in [-0.3, -0.25) is 14.9 Å². The van der Waals surface area contributed by atoms with Crippen molar-refractivity contribution in [1.29, 1.82) is 0 Å². The summed E-state index contributed by atoms with van der Waals surface area (Å²) in [6.45, 7) is 1.32. The van der Waals surface area contributed by atoms with Crippen molar-refractivity contribution in [2.24, 2.45) is 5.73 Å². The van der Waals surface area contributed by atoms with Gasteiger partial charge in [-0.05, 0) is 19.2 Å². The van der Waals surface area contributed by atoms with Crippen LogP contribution in [0.2, 0.25) is 0 Å². The number of nitrogens with two attached hydrogens (primary N) is 1. The zero-order chi connectivity index (χ0) is 13.7. The largest absolute Gasteiger partial charge is 0.368 e. The minimum Gasteiger partial charge on any atom is -0.368 e. The van der Waals surface area contributed by atoms with Crippen LogP contribution in [0.5, 0.6) is 0 Å². The fourth-order valence-electron chi connectivity index (χ4n) is 1.55. The van der Waals surface area contributed by atoms with Gasteiger partial charge in [0, 0.05) is 31.8 Å². The van der Waals surface area contributed by atoms with Crippen LogP contribution in [0.3, 0.4) is 0 Å². The molecule has 0 heterocycles. The lowest BCUT2D eigenvalue weighted by molar-refractivity contribution is -0.384. The van der Waals surface area contributed by atoms with Gasteiger partial charge in [-0.25, -0.2) is 0 Å². The van der Waals surface area contributed by atoms with Crippen molar-refractivity contribution in [3.63, 3.8) is 0 Å². The van der Waals surface area contributed by atoms with E-state index in [1.807, 2.05) is 0 Å². The number of nitrogens with one attached hydrogen (secondary N) is 1. The summed E-state index contributed by atoms with van der Waals surface area (Å²) in [5, 5.41) is 13.9. The number of amides is 1. The average Bonchev–Trinajstić information content (AvgIpc) is 2.34. The number of carbonyl (C=O) groups excluding carboxylic acids is 1. The SMILES string of the molecule is CNCCN(C)c1ccc(C(N)=O)cc1[N+](=O)[O-]. The molecule has 0 aromatic heterocycles. The van der Waals surface area contributed by atoms with Gasteiger partial charge in [0.2, 0.25) is 5.91 Å². The van der Waals surface area contributed by atoms with E-state index in [9.17, 15) is 14.9 Å². The number of benzene rings is 1. The number of nitro benzene ring substituents is 1. The number of likely N-dealkylation sites (N-methyl/N-ethyl adjacent to an activating group) is 2. The third kappa shape index (κ3) is 3.17. The molecule has 1 rings (SSSR count). The van der Waals surface area contributed by atoms with Crippen LogP contribution in [-0.4, -0.2) is 38.0 Å². The molecule has 7 nitrogen and oxygen atoms in total. The molecular formula is C11H16N4O3. The van der Waals surface area contributed by atoms with Gasteiger partial charge in [0.15, 0.2) is 0 Å². The second-order valence-corrected chi connectivity index (χ2v) is 3.85. The van der Waals surface area contributed by atoms with Crippen LogP contribution in [0, 0.1) is 10.1 Å². The lowest BCUT2D eigenvalue weighted by atomic mass is 10.1. The molecule has 0 unspecified atom stereocenters. The highest BCUT2D eigenvalue weighted by Crippen LogP contribution is 2.28. The average molecular weight is 252 g/mol. The smallest absolute Gasteiger partial charge is 0.293 e. The number of hydrogen-bond donors (Lipinski definition) is 2. The zero-order valence-electron chi connectivity index (χ0n) is 10.3. The summed E-state index contributed by atoms with van der Waals surface area (Å²) in [6, 6.07) is 4.22. The highest BCUT2D eigenvalue weighted by atomic mass is 16.6. The number of anilines is 1.